The van der Waals surface area contributed by atoms with Crippen LogP contribution in [0.5, 0.6) is 5.75 Å². The summed E-state index contributed by atoms with van der Waals surface area (Å²) in [5.41, 5.74) is 0. The Morgan fingerprint density at radius 2 is 1.88 bits per heavy atom. The van der Waals surface area contributed by atoms with Crippen LogP contribution in [-0.4, -0.2) is 7.18 Å². The second-order valence-corrected chi connectivity index (χ2v) is 2.71. The summed E-state index contributed by atoms with van der Waals surface area (Å²) in [5.74, 6) is 1.57. The van der Waals surface area contributed by atoms with E-state index in [1.165, 1.54) is 0 Å². The first-order valence-corrected chi connectivity index (χ1v) is 4.93. The molecule has 0 saturated heterocycles. The van der Waals surface area contributed by atoms with E-state index in [0.29, 0.717) is 7.18 Å². The lowest BCUT2D eigenvalue weighted by Gasteiger charge is -2.04. The van der Waals surface area contributed by atoms with Gasteiger partial charge >= 0.3 is 0 Å². The summed E-state index contributed by atoms with van der Waals surface area (Å²) in [7, 11) is 0.500. The van der Waals surface area contributed by atoms with Gasteiger partial charge in [-0.3, -0.25) is 4.39 Å². The van der Waals surface area contributed by atoms with Crippen molar-refractivity contribution in [2.75, 3.05) is 7.18 Å². The van der Waals surface area contributed by atoms with Gasteiger partial charge in [-0.2, -0.15) is 0 Å². The van der Waals surface area contributed by atoms with E-state index >= 15 is 0 Å². The fraction of sp³-hybridized carbons (Fsp3) is 0.143. The third kappa shape index (κ3) is 5.81. The Labute approximate surface area is 96.6 Å². The number of hydrogen-bond donors (Lipinski definition) is 0. The number of ether oxygens (including phenoxy) is 1. The zero-order valence-electron chi connectivity index (χ0n) is 9.69. The van der Waals surface area contributed by atoms with Crippen molar-refractivity contribution in [3.63, 3.8) is 0 Å². The molecular weight excluding hydrogens is 203 g/mol. The summed E-state index contributed by atoms with van der Waals surface area (Å²) in [6.45, 7) is 5.64. The third-order valence-corrected chi connectivity index (χ3v) is 1.63. The van der Waals surface area contributed by atoms with Crippen LogP contribution >= 0.6 is 0 Å². The Hall–Kier alpha value is -1.83. The van der Waals surface area contributed by atoms with Gasteiger partial charge in [0.15, 0.2) is 0 Å². The van der Waals surface area contributed by atoms with Crippen molar-refractivity contribution >= 4 is 0 Å². The highest BCUT2D eigenvalue weighted by Gasteiger charge is 1.93. The van der Waals surface area contributed by atoms with Gasteiger partial charge in [0.05, 0.1) is 7.18 Å². The van der Waals surface area contributed by atoms with Crippen LogP contribution in [0.4, 0.5) is 4.39 Å². The van der Waals surface area contributed by atoms with Crippen LogP contribution in [0.15, 0.2) is 67.0 Å². The molecular formula is C14H17FO. The van der Waals surface area contributed by atoms with Gasteiger partial charge in [0.25, 0.3) is 0 Å². The van der Waals surface area contributed by atoms with E-state index in [4.69, 9.17) is 4.74 Å². The zero-order valence-corrected chi connectivity index (χ0v) is 9.69. The Kier molecular flexibility index (Phi) is 8.60. The van der Waals surface area contributed by atoms with Crippen LogP contribution in [0, 0.1) is 0 Å². The molecule has 2 heteroatoms. The van der Waals surface area contributed by atoms with Gasteiger partial charge in [-0.05, 0) is 31.2 Å². The van der Waals surface area contributed by atoms with Crippen LogP contribution in [0.25, 0.3) is 0 Å². The minimum Gasteiger partial charge on any atom is -0.457 e. The molecule has 16 heavy (non-hydrogen) atoms. The van der Waals surface area contributed by atoms with Crippen LogP contribution in [0.3, 0.4) is 0 Å². The van der Waals surface area contributed by atoms with Crippen LogP contribution in [0.2, 0.25) is 0 Å². The van der Waals surface area contributed by atoms with Crippen molar-refractivity contribution < 1.29 is 9.13 Å². The van der Waals surface area contributed by atoms with Gasteiger partial charge < -0.3 is 4.74 Å². The molecule has 0 aromatic heterocycles. The summed E-state index contributed by atoms with van der Waals surface area (Å²) >= 11 is 0. The molecule has 0 radical (unpaired) electrons. The van der Waals surface area contributed by atoms with Gasteiger partial charge in [-0.25, -0.2) is 0 Å². The molecule has 0 bridgehead atoms. The first-order valence-electron chi connectivity index (χ1n) is 4.93. The Balaban J connectivity index is 0.00000106. The van der Waals surface area contributed by atoms with Crippen molar-refractivity contribution in [2.24, 2.45) is 0 Å². The fourth-order valence-electron chi connectivity index (χ4n) is 0.959. The minimum absolute atomic E-state index is 0.500. The lowest BCUT2D eigenvalue weighted by molar-refractivity contribution is 0.445. The molecule has 1 nitrogen and oxygen atoms in total. The monoisotopic (exact) mass is 220 g/mol. The number of halogens is 1. The molecule has 1 aromatic rings. The van der Waals surface area contributed by atoms with E-state index in [1.54, 1.807) is 6.08 Å². The van der Waals surface area contributed by atoms with E-state index in [1.807, 2.05) is 55.5 Å². The lowest BCUT2D eigenvalue weighted by Crippen LogP contribution is -1.90. The fourth-order valence-corrected chi connectivity index (χ4v) is 0.959. The third-order valence-electron chi connectivity index (χ3n) is 1.63. The van der Waals surface area contributed by atoms with E-state index in [0.717, 1.165) is 11.5 Å². The number of benzene rings is 1. The highest BCUT2D eigenvalue weighted by molar-refractivity contribution is 5.27. The normalized spacial score (nSPS) is 10.6. The summed E-state index contributed by atoms with van der Waals surface area (Å²) in [4.78, 5) is 0. The SMILES string of the molecule is C=C/C(=C\C=C/C)Oc1ccccc1.CF. The molecule has 0 atom stereocenters. The highest BCUT2D eigenvalue weighted by Crippen LogP contribution is 2.13. The Morgan fingerprint density at radius 3 is 2.38 bits per heavy atom. The molecule has 86 valence electrons. The number of alkyl halides is 1. The van der Waals surface area contributed by atoms with Crippen molar-refractivity contribution in [1.82, 2.24) is 0 Å². The van der Waals surface area contributed by atoms with Crippen molar-refractivity contribution in [3.05, 3.63) is 67.0 Å². The van der Waals surface area contributed by atoms with Crippen molar-refractivity contribution in [3.8, 4) is 5.75 Å². The second-order valence-electron chi connectivity index (χ2n) is 2.71. The number of para-hydroxylation sites is 1. The molecule has 0 spiro atoms. The van der Waals surface area contributed by atoms with Gasteiger partial charge in [-0.1, -0.05) is 36.9 Å². The van der Waals surface area contributed by atoms with E-state index in [2.05, 4.69) is 6.58 Å². The van der Waals surface area contributed by atoms with Crippen molar-refractivity contribution in [1.29, 1.82) is 0 Å². The number of hydrogen-bond acceptors (Lipinski definition) is 1. The quantitative estimate of drug-likeness (QED) is 0.543. The first kappa shape index (κ1) is 14.2. The summed E-state index contributed by atoms with van der Waals surface area (Å²) in [5, 5.41) is 0. The Morgan fingerprint density at radius 1 is 1.25 bits per heavy atom. The molecule has 0 N–H and O–H groups in total. The minimum atomic E-state index is 0.500. The standard InChI is InChI=1S/C13H14O.CH3F/c1-3-5-9-12(4-2)14-13-10-7-6-8-11-13;1-2/h3-11H,2H2,1H3;1H3/b5-3-,12-9+;. The molecule has 0 unspecified atom stereocenters. The van der Waals surface area contributed by atoms with Crippen LogP contribution in [-0.2, 0) is 0 Å². The summed E-state index contributed by atoms with van der Waals surface area (Å²) in [6.07, 6.45) is 7.42. The molecule has 0 heterocycles. The molecule has 0 saturated carbocycles. The predicted octanol–water partition coefficient (Wildman–Crippen LogP) is 4.30. The molecule has 0 amide bonds. The topological polar surface area (TPSA) is 9.23 Å². The molecule has 0 aliphatic rings. The largest absolute Gasteiger partial charge is 0.457 e. The second kappa shape index (κ2) is 9.71. The van der Waals surface area contributed by atoms with E-state index in [-0.39, 0.29) is 0 Å². The van der Waals surface area contributed by atoms with Gasteiger partial charge in [-0.15, -0.1) is 0 Å². The summed E-state index contributed by atoms with van der Waals surface area (Å²) in [6, 6.07) is 9.65. The number of rotatable bonds is 4. The van der Waals surface area contributed by atoms with Crippen LogP contribution in [0.1, 0.15) is 6.92 Å². The van der Waals surface area contributed by atoms with E-state index < -0.39 is 0 Å². The summed E-state index contributed by atoms with van der Waals surface area (Å²) < 4.78 is 15.1. The maximum Gasteiger partial charge on any atom is 0.127 e. The molecule has 0 aliphatic carbocycles. The van der Waals surface area contributed by atoms with Crippen LogP contribution < -0.4 is 4.74 Å². The predicted molar refractivity (Wildman–Crippen MR) is 67.2 cm³/mol. The molecule has 1 rings (SSSR count). The highest BCUT2D eigenvalue weighted by atomic mass is 19.1. The maximum atomic E-state index is 9.50. The molecule has 1 aromatic carbocycles. The lowest BCUT2D eigenvalue weighted by atomic mass is 10.3. The van der Waals surface area contributed by atoms with E-state index in [9.17, 15) is 4.39 Å². The average Bonchev–Trinajstić information content (AvgIpc) is 2.38. The Bertz CT molecular complexity index is 339. The average molecular weight is 220 g/mol. The zero-order chi connectivity index (χ0) is 12.2. The first-order chi connectivity index (χ1) is 7.86. The van der Waals surface area contributed by atoms with Gasteiger partial charge in [0.2, 0.25) is 0 Å². The maximum absolute atomic E-state index is 9.50. The van der Waals surface area contributed by atoms with Gasteiger partial charge in [0.1, 0.15) is 11.5 Å². The smallest absolute Gasteiger partial charge is 0.127 e. The number of allylic oxidation sites excluding steroid dienone is 4. The molecule has 0 fully saturated rings. The van der Waals surface area contributed by atoms with Crippen molar-refractivity contribution in [2.45, 2.75) is 6.92 Å². The molecule has 0 aliphatic heterocycles. The van der Waals surface area contributed by atoms with Gasteiger partial charge in [0, 0.05) is 0 Å².